The van der Waals surface area contributed by atoms with E-state index in [1.807, 2.05) is 81.9 Å². The van der Waals surface area contributed by atoms with Crippen molar-refractivity contribution in [3.63, 3.8) is 0 Å². The minimum Gasteiger partial charge on any atom is -0.756 e. The lowest BCUT2D eigenvalue weighted by atomic mass is 10.1. The highest BCUT2D eigenvalue weighted by Gasteiger charge is 2.21. The van der Waals surface area contributed by atoms with Crippen molar-refractivity contribution in [2.75, 3.05) is 47.5 Å². The van der Waals surface area contributed by atoms with Gasteiger partial charge in [0.25, 0.3) is 7.82 Å². The molecule has 0 fully saturated rings. The lowest BCUT2D eigenvalue weighted by molar-refractivity contribution is -0.870. The Hall–Kier alpha value is -3.07. The van der Waals surface area contributed by atoms with Crippen LogP contribution in [-0.2, 0) is 32.7 Å². The van der Waals surface area contributed by atoms with Crippen molar-refractivity contribution in [3.8, 4) is 0 Å². The number of unbranched alkanes of at least 4 members (excludes halogenated alkanes) is 8. The second-order valence-corrected chi connectivity index (χ2v) is 15.4. The molecule has 0 rings (SSSR count). The van der Waals surface area contributed by atoms with E-state index in [2.05, 4.69) is 50.3 Å². The smallest absolute Gasteiger partial charge is 0.306 e. The van der Waals surface area contributed by atoms with Crippen LogP contribution in [0.4, 0.5) is 0 Å². The first-order valence-electron chi connectivity index (χ1n) is 20.0. The Bertz CT molecular complexity index is 1240. The van der Waals surface area contributed by atoms with Gasteiger partial charge in [0.2, 0.25) is 0 Å². The molecule has 0 saturated carbocycles. The Morgan fingerprint density at radius 2 is 1.13 bits per heavy atom. The van der Waals surface area contributed by atoms with Gasteiger partial charge >= 0.3 is 11.9 Å². The number of carbonyl (C=O) groups excluding carboxylic acids is 2. The fourth-order valence-corrected chi connectivity index (χ4v) is 5.31. The van der Waals surface area contributed by atoms with Gasteiger partial charge in [-0.1, -0.05) is 143 Å². The van der Waals surface area contributed by atoms with E-state index in [-0.39, 0.29) is 26.1 Å². The second-order valence-electron chi connectivity index (χ2n) is 14.0. The minimum absolute atomic E-state index is 0.0577. The third-order valence-corrected chi connectivity index (χ3v) is 8.68. The number of phosphoric ester groups is 1. The molecule has 0 aliphatic heterocycles. The summed E-state index contributed by atoms with van der Waals surface area (Å²) in [5.74, 6) is -0.996. The molecule has 0 aromatic rings. The molecule has 0 amide bonds. The molecule has 306 valence electrons. The Labute approximate surface area is 328 Å². The van der Waals surface area contributed by atoms with Gasteiger partial charge in [-0.15, -0.1) is 0 Å². The van der Waals surface area contributed by atoms with Gasteiger partial charge in [0.05, 0.1) is 27.7 Å². The first kappa shape index (κ1) is 50.9. The average molecular weight is 774 g/mol. The van der Waals surface area contributed by atoms with Gasteiger partial charge in [0.15, 0.2) is 6.10 Å². The van der Waals surface area contributed by atoms with Gasteiger partial charge in [0.1, 0.15) is 19.8 Å². The summed E-state index contributed by atoms with van der Waals surface area (Å²) in [6.45, 7) is 3.88. The number of quaternary nitrogens is 1. The van der Waals surface area contributed by atoms with Crippen molar-refractivity contribution in [2.24, 2.45) is 0 Å². The topological polar surface area (TPSA) is 111 Å². The largest absolute Gasteiger partial charge is 0.756 e. The van der Waals surface area contributed by atoms with Crippen molar-refractivity contribution < 1.29 is 42.1 Å². The SMILES string of the molecule is CC/C=C/C=C/C=C/C=C/C=C/CCCC(=O)OC(COC(=O)CCC/C=C/C/C=C/C/C=C/CCCCCCCC)COP(=O)([O-])OCC[N+](C)(C)C. The van der Waals surface area contributed by atoms with Gasteiger partial charge in [0, 0.05) is 12.8 Å². The van der Waals surface area contributed by atoms with E-state index in [4.69, 9.17) is 18.5 Å². The number of nitrogens with zero attached hydrogens (tertiary/aromatic N) is 1. The number of likely N-dealkylation sites (N-methyl/N-ethyl adjacent to an activating group) is 1. The van der Waals surface area contributed by atoms with Crippen molar-refractivity contribution in [1.29, 1.82) is 0 Å². The average Bonchev–Trinajstić information content (AvgIpc) is 3.12. The van der Waals surface area contributed by atoms with Crippen molar-refractivity contribution in [2.45, 2.75) is 123 Å². The van der Waals surface area contributed by atoms with Crippen LogP contribution >= 0.6 is 7.82 Å². The lowest BCUT2D eigenvalue weighted by Gasteiger charge is -2.28. The van der Waals surface area contributed by atoms with Gasteiger partial charge in [-0.3, -0.25) is 14.2 Å². The van der Waals surface area contributed by atoms with E-state index in [1.54, 1.807) is 0 Å². The molecule has 0 aliphatic carbocycles. The molecule has 0 saturated heterocycles. The number of hydrogen-bond acceptors (Lipinski definition) is 8. The molecule has 0 N–H and O–H groups in total. The van der Waals surface area contributed by atoms with Gasteiger partial charge in [-0.05, 0) is 57.8 Å². The van der Waals surface area contributed by atoms with Crippen molar-refractivity contribution in [3.05, 3.63) is 97.2 Å². The molecular formula is C44H72NO8P. The van der Waals surface area contributed by atoms with Crippen LogP contribution in [0.15, 0.2) is 97.2 Å². The van der Waals surface area contributed by atoms with E-state index < -0.39 is 32.5 Å². The quantitative estimate of drug-likeness (QED) is 0.0159. The van der Waals surface area contributed by atoms with Crippen LogP contribution < -0.4 is 4.89 Å². The molecule has 10 heteroatoms. The molecule has 0 radical (unpaired) electrons. The van der Waals surface area contributed by atoms with E-state index in [1.165, 1.54) is 38.5 Å². The maximum Gasteiger partial charge on any atom is 0.306 e. The second kappa shape index (κ2) is 35.6. The molecule has 0 aliphatic rings. The highest BCUT2D eigenvalue weighted by atomic mass is 31.2. The minimum atomic E-state index is -4.66. The summed E-state index contributed by atoms with van der Waals surface area (Å²) in [5, 5.41) is 0. The molecule has 2 atom stereocenters. The highest BCUT2D eigenvalue weighted by Crippen LogP contribution is 2.38. The summed E-state index contributed by atoms with van der Waals surface area (Å²) < 4.78 is 33.6. The Balaban J connectivity index is 4.62. The number of rotatable bonds is 34. The van der Waals surface area contributed by atoms with Crippen LogP contribution in [-0.4, -0.2) is 70.0 Å². The predicted molar refractivity (Wildman–Crippen MR) is 222 cm³/mol. The maximum absolute atomic E-state index is 12.6. The molecule has 0 spiro atoms. The molecule has 9 nitrogen and oxygen atoms in total. The first-order valence-corrected chi connectivity index (χ1v) is 21.5. The van der Waals surface area contributed by atoms with Gasteiger partial charge < -0.3 is 27.9 Å². The number of esters is 2. The molecule has 0 aromatic carbocycles. The highest BCUT2D eigenvalue weighted by molar-refractivity contribution is 7.45. The van der Waals surface area contributed by atoms with Crippen molar-refractivity contribution in [1.82, 2.24) is 0 Å². The van der Waals surface area contributed by atoms with E-state index >= 15 is 0 Å². The number of hydrogen-bond donors (Lipinski definition) is 0. The third-order valence-electron chi connectivity index (χ3n) is 7.72. The standard InChI is InChI=1S/C44H72NO8P/c1-6-8-10-12-14-16-18-20-21-22-23-25-26-28-30-32-34-36-43(46)50-40-42(41-52-54(48,49)51-39-38-45(3,4)5)53-44(47)37-35-33-31-29-27-24-19-17-15-13-11-9-7-2/h9,11,13,15,17,19-21,23-25,27-31,42H,6-8,10,12,14,16,18,22,26,32-41H2,1-5H3/b11-9+,15-13+,19-17+,21-20+,25-23+,27-24+,30-28+,31-29+. The normalized spacial score (nSPS) is 14.7. The Kier molecular flexibility index (Phi) is 33.6. The zero-order valence-corrected chi connectivity index (χ0v) is 35.0. The fourth-order valence-electron chi connectivity index (χ4n) is 4.58. The molecule has 54 heavy (non-hydrogen) atoms. The van der Waals surface area contributed by atoms with E-state index in [0.717, 1.165) is 32.1 Å². The summed E-state index contributed by atoms with van der Waals surface area (Å²) in [7, 11) is 1.07. The van der Waals surface area contributed by atoms with Crippen LogP contribution in [0.25, 0.3) is 0 Å². The van der Waals surface area contributed by atoms with Crippen LogP contribution in [0.2, 0.25) is 0 Å². The molecule has 0 aromatic heterocycles. The monoisotopic (exact) mass is 773 g/mol. The summed E-state index contributed by atoms with van der Waals surface area (Å²) in [6.07, 6.45) is 46.1. The fraction of sp³-hybridized carbons (Fsp3) is 0.591. The summed E-state index contributed by atoms with van der Waals surface area (Å²) >= 11 is 0. The van der Waals surface area contributed by atoms with E-state index in [0.29, 0.717) is 30.3 Å². The number of carbonyl (C=O) groups is 2. The predicted octanol–water partition coefficient (Wildman–Crippen LogP) is 10.4. The van der Waals surface area contributed by atoms with Gasteiger partial charge in [-0.25, -0.2) is 0 Å². The molecule has 0 heterocycles. The van der Waals surface area contributed by atoms with E-state index in [9.17, 15) is 19.0 Å². The Morgan fingerprint density at radius 3 is 1.74 bits per heavy atom. The number of ether oxygens (including phenoxy) is 2. The first-order chi connectivity index (χ1) is 26.0. The van der Waals surface area contributed by atoms with Crippen molar-refractivity contribution >= 4 is 19.8 Å². The van der Waals surface area contributed by atoms with Crippen LogP contribution in [0.1, 0.15) is 117 Å². The third kappa shape index (κ3) is 38.6. The summed E-state index contributed by atoms with van der Waals surface area (Å²) in [6, 6.07) is 0. The maximum atomic E-state index is 12.6. The Morgan fingerprint density at radius 1 is 0.611 bits per heavy atom. The number of allylic oxidation sites excluding steroid dienone is 16. The zero-order valence-electron chi connectivity index (χ0n) is 34.1. The lowest BCUT2D eigenvalue weighted by Crippen LogP contribution is -2.37. The van der Waals surface area contributed by atoms with Gasteiger partial charge in [-0.2, -0.15) is 0 Å². The van der Waals surface area contributed by atoms with Crippen LogP contribution in [0.5, 0.6) is 0 Å². The zero-order chi connectivity index (χ0) is 40.0. The molecular weight excluding hydrogens is 701 g/mol. The number of phosphoric acid groups is 1. The van der Waals surface area contributed by atoms with Crippen LogP contribution in [0, 0.1) is 0 Å². The summed E-state index contributed by atoms with van der Waals surface area (Å²) in [4.78, 5) is 37.3. The molecule has 2 unspecified atom stereocenters. The van der Waals surface area contributed by atoms with Crippen LogP contribution in [0.3, 0.4) is 0 Å². The summed E-state index contributed by atoms with van der Waals surface area (Å²) in [5.41, 5.74) is 0. The molecule has 0 bridgehead atoms.